The first-order chi connectivity index (χ1) is 13.1. The van der Waals surface area contributed by atoms with Crippen LogP contribution in [-0.2, 0) is 0 Å². The zero-order valence-electron chi connectivity index (χ0n) is 15.0. The van der Waals surface area contributed by atoms with Crippen LogP contribution >= 0.6 is 0 Å². The Morgan fingerprint density at radius 2 is 2.30 bits per heavy atom. The first-order valence-corrected chi connectivity index (χ1v) is 8.65. The summed E-state index contributed by atoms with van der Waals surface area (Å²) in [4.78, 5) is 31.8. The van der Waals surface area contributed by atoms with Gasteiger partial charge in [-0.15, -0.1) is 0 Å². The lowest BCUT2D eigenvalue weighted by molar-refractivity contribution is 0.0625. The Kier molecular flexibility index (Phi) is 5.71. The summed E-state index contributed by atoms with van der Waals surface area (Å²) < 4.78 is 11.2. The van der Waals surface area contributed by atoms with Gasteiger partial charge in [-0.3, -0.25) is 9.59 Å². The van der Waals surface area contributed by atoms with Crippen molar-refractivity contribution in [1.29, 1.82) is 5.26 Å². The van der Waals surface area contributed by atoms with Crippen LogP contribution in [0.2, 0.25) is 0 Å². The number of ether oxygens (including phenoxy) is 2. The number of aromatic amines is 1. The Bertz CT molecular complexity index is 898. The summed E-state index contributed by atoms with van der Waals surface area (Å²) in [5.74, 6) is 1.05. The Hall–Kier alpha value is -3.34. The van der Waals surface area contributed by atoms with E-state index in [2.05, 4.69) is 16.0 Å². The van der Waals surface area contributed by atoms with E-state index in [1.165, 1.54) is 13.3 Å². The molecule has 0 spiro atoms. The third-order valence-corrected chi connectivity index (χ3v) is 4.46. The van der Waals surface area contributed by atoms with E-state index >= 15 is 0 Å². The van der Waals surface area contributed by atoms with Gasteiger partial charge >= 0.3 is 0 Å². The molecule has 2 aromatic rings. The van der Waals surface area contributed by atoms with Gasteiger partial charge < -0.3 is 19.4 Å². The quantitative estimate of drug-likeness (QED) is 0.858. The summed E-state index contributed by atoms with van der Waals surface area (Å²) in [6.07, 6.45) is 4.26. The number of nitriles is 1. The number of nitrogens with one attached hydrogen (secondary N) is 1. The second-order valence-corrected chi connectivity index (χ2v) is 6.34. The van der Waals surface area contributed by atoms with Gasteiger partial charge in [0.2, 0.25) is 0 Å². The number of aromatic nitrogens is 2. The van der Waals surface area contributed by atoms with E-state index in [-0.39, 0.29) is 23.1 Å². The third-order valence-electron chi connectivity index (χ3n) is 4.46. The molecule has 0 aliphatic carbocycles. The van der Waals surface area contributed by atoms with E-state index in [1.54, 1.807) is 23.1 Å². The van der Waals surface area contributed by atoms with Gasteiger partial charge in [0.15, 0.2) is 11.5 Å². The molecule has 2 heterocycles. The molecule has 1 aromatic heterocycles. The summed E-state index contributed by atoms with van der Waals surface area (Å²) in [7, 11) is 1.53. The van der Waals surface area contributed by atoms with Gasteiger partial charge in [0.25, 0.3) is 11.5 Å². The van der Waals surface area contributed by atoms with Crippen LogP contribution < -0.4 is 15.0 Å². The van der Waals surface area contributed by atoms with Crippen molar-refractivity contribution in [1.82, 2.24) is 14.9 Å². The van der Waals surface area contributed by atoms with Crippen molar-refractivity contribution in [3.8, 4) is 17.6 Å². The molecule has 27 heavy (non-hydrogen) atoms. The molecule has 1 unspecified atom stereocenters. The zero-order chi connectivity index (χ0) is 19.2. The van der Waals surface area contributed by atoms with Crippen LogP contribution in [0.5, 0.6) is 11.5 Å². The molecule has 140 valence electrons. The molecule has 8 heteroatoms. The molecule has 3 rings (SSSR count). The minimum absolute atomic E-state index is 0.172. The van der Waals surface area contributed by atoms with Gasteiger partial charge in [0, 0.05) is 31.3 Å². The molecular weight excluding hydrogens is 348 g/mol. The van der Waals surface area contributed by atoms with E-state index in [4.69, 9.17) is 14.7 Å². The number of piperidine rings is 1. The summed E-state index contributed by atoms with van der Waals surface area (Å²) >= 11 is 0. The number of likely N-dealkylation sites (tertiary alicyclic amines) is 1. The maximum Gasteiger partial charge on any atom is 0.273 e. The summed E-state index contributed by atoms with van der Waals surface area (Å²) in [6, 6.07) is 7.09. The molecule has 8 nitrogen and oxygen atoms in total. The van der Waals surface area contributed by atoms with E-state index in [9.17, 15) is 9.59 Å². The monoisotopic (exact) mass is 368 g/mol. The van der Waals surface area contributed by atoms with Crippen molar-refractivity contribution >= 4 is 5.91 Å². The number of rotatable bonds is 5. The van der Waals surface area contributed by atoms with Crippen LogP contribution in [0.3, 0.4) is 0 Å². The highest BCUT2D eigenvalue weighted by atomic mass is 16.5. The minimum Gasteiger partial charge on any atom is -0.493 e. The standard InChI is InChI=1S/C19H20N4O4/c1-26-17-7-13(8-20)4-5-16(17)27-12-14-3-2-6-23(11-14)19(25)15-9-22-18(24)10-21-15/h4-5,7,9-10,14H,2-3,6,11-12H2,1H3,(H,22,24). The van der Waals surface area contributed by atoms with Gasteiger partial charge in [-0.25, -0.2) is 4.98 Å². The predicted molar refractivity (Wildman–Crippen MR) is 96.7 cm³/mol. The smallest absolute Gasteiger partial charge is 0.273 e. The molecule has 1 aromatic carbocycles. The minimum atomic E-state index is -0.340. The van der Waals surface area contributed by atoms with Gasteiger partial charge in [-0.05, 0) is 25.0 Å². The Morgan fingerprint density at radius 3 is 3.00 bits per heavy atom. The molecule has 1 aliphatic rings. The fraction of sp³-hybridized carbons (Fsp3) is 0.368. The molecular formula is C19H20N4O4. The van der Waals surface area contributed by atoms with Crippen molar-refractivity contribution in [2.45, 2.75) is 12.8 Å². The second kappa shape index (κ2) is 8.36. The van der Waals surface area contributed by atoms with Crippen LogP contribution in [0.1, 0.15) is 28.9 Å². The van der Waals surface area contributed by atoms with Gasteiger partial charge in [0.1, 0.15) is 5.69 Å². The van der Waals surface area contributed by atoms with E-state index in [0.29, 0.717) is 36.8 Å². The number of carbonyl (C=O) groups is 1. The molecule has 1 atom stereocenters. The second-order valence-electron chi connectivity index (χ2n) is 6.34. The number of H-pyrrole nitrogens is 1. The number of nitrogens with zero attached hydrogens (tertiary/aromatic N) is 3. The summed E-state index contributed by atoms with van der Waals surface area (Å²) in [5.41, 5.74) is 0.389. The number of hydrogen-bond donors (Lipinski definition) is 1. The van der Waals surface area contributed by atoms with Crippen molar-refractivity contribution in [2.24, 2.45) is 5.92 Å². The topological polar surface area (TPSA) is 108 Å². The number of amides is 1. The number of methoxy groups -OCH3 is 1. The van der Waals surface area contributed by atoms with Crippen LogP contribution in [-0.4, -0.2) is 47.6 Å². The van der Waals surface area contributed by atoms with Gasteiger partial charge in [-0.1, -0.05) is 0 Å². The lowest BCUT2D eigenvalue weighted by atomic mass is 9.98. The summed E-state index contributed by atoms with van der Waals surface area (Å²) in [5, 5.41) is 8.96. The molecule has 1 saturated heterocycles. The molecule has 0 radical (unpaired) electrons. The normalized spacial score (nSPS) is 16.4. The SMILES string of the molecule is COc1cc(C#N)ccc1OCC1CCCN(C(=O)c2c[nH]c(=O)cn2)C1. The van der Waals surface area contributed by atoms with Crippen LogP contribution in [0.25, 0.3) is 0 Å². The first-order valence-electron chi connectivity index (χ1n) is 8.65. The average Bonchev–Trinajstić information content (AvgIpc) is 2.72. The molecule has 1 fully saturated rings. The lowest BCUT2D eigenvalue weighted by Crippen LogP contribution is -2.42. The highest BCUT2D eigenvalue weighted by molar-refractivity contribution is 5.92. The zero-order valence-corrected chi connectivity index (χ0v) is 15.0. The van der Waals surface area contributed by atoms with Crippen LogP contribution in [0.15, 0.2) is 35.4 Å². The summed E-state index contributed by atoms with van der Waals surface area (Å²) in [6.45, 7) is 1.64. The molecule has 1 N–H and O–H groups in total. The Labute approximate surface area is 156 Å². The Morgan fingerprint density at radius 1 is 1.44 bits per heavy atom. The van der Waals surface area contributed by atoms with Gasteiger partial charge in [-0.2, -0.15) is 5.26 Å². The predicted octanol–water partition coefficient (Wildman–Crippen LogP) is 1.58. The molecule has 1 aliphatic heterocycles. The highest BCUT2D eigenvalue weighted by Gasteiger charge is 2.26. The first kappa shape index (κ1) is 18.5. The van der Waals surface area contributed by atoms with Crippen molar-refractivity contribution in [3.63, 3.8) is 0 Å². The van der Waals surface area contributed by atoms with Crippen molar-refractivity contribution < 1.29 is 14.3 Å². The fourth-order valence-corrected chi connectivity index (χ4v) is 3.07. The van der Waals surface area contributed by atoms with Crippen molar-refractivity contribution in [3.05, 3.63) is 52.2 Å². The average molecular weight is 368 g/mol. The maximum absolute atomic E-state index is 12.6. The van der Waals surface area contributed by atoms with E-state index < -0.39 is 0 Å². The molecule has 0 saturated carbocycles. The fourth-order valence-electron chi connectivity index (χ4n) is 3.07. The third kappa shape index (κ3) is 4.44. The molecule has 1 amide bonds. The Balaban J connectivity index is 1.62. The van der Waals surface area contributed by atoms with Crippen LogP contribution in [0.4, 0.5) is 0 Å². The van der Waals surface area contributed by atoms with Crippen LogP contribution in [0, 0.1) is 17.2 Å². The molecule has 0 bridgehead atoms. The lowest BCUT2D eigenvalue weighted by Gasteiger charge is -2.32. The number of hydrogen-bond acceptors (Lipinski definition) is 6. The van der Waals surface area contributed by atoms with E-state index in [0.717, 1.165) is 19.0 Å². The number of carbonyl (C=O) groups excluding carboxylic acids is 1. The van der Waals surface area contributed by atoms with Crippen molar-refractivity contribution in [2.75, 3.05) is 26.8 Å². The maximum atomic E-state index is 12.6. The number of benzene rings is 1. The largest absolute Gasteiger partial charge is 0.493 e. The highest BCUT2D eigenvalue weighted by Crippen LogP contribution is 2.29. The van der Waals surface area contributed by atoms with Gasteiger partial charge in [0.05, 0.1) is 31.5 Å². The van der Waals surface area contributed by atoms with E-state index in [1.807, 2.05) is 0 Å².